The molecule has 1 aromatic carbocycles. The van der Waals surface area contributed by atoms with E-state index in [4.69, 9.17) is 4.74 Å². The highest BCUT2D eigenvalue weighted by atomic mass is 16.5. The van der Waals surface area contributed by atoms with Crippen molar-refractivity contribution in [2.24, 2.45) is 0 Å². The van der Waals surface area contributed by atoms with Crippen LogP contribution in [0.1, 0.15) is 42.6 Å². The molecule has 3 rings (SSSR count). The second kappa shape index (κ2) is 8.81. The lowest BCUT2D eigenvalue weighted by Crippen LogP contribution is -2.36. The molecule has 2 heterocycles. The van der Waals surface area contributed by atoms with E-state index in [0.717, 1.165) is 37.4 Å². The number of carbonyl (C=O) groups is 1. The second-order valence-corrected chi connectivity index (χ2v) is 6.96. The average Bonchev–Trinajstić information content (AvgIpc) is 3.18. The van der Waals surface area contributed by atoms with Gasteiger partial charge in [-0.15, -0.1) is 0 Å². The number of ether oxygens (including phenoxy) is 1. The molecule has 5 heteroatoms. The lowest BCUT2D eigenvalue weighted by Gasteiger charge is -2.27. The minimum atomic E-state index is 0.00188. The molecule has 0 saturated carbocycles. The van der Waals surface area contributed by atoms with Crippen LogP contribution in [0, 0.1) is 0 Å². The van der Waals surface area contributed by atoms with Crippen molar-refractivity contribution in [3.63, 3.8) is 0 Å². The summed E-state index contributed by atoms with van der Waals surface area (Å²) in [5.41, 5.74) is 1.73. The van der Waals surface area contributed by atoms with E-state index in [1.165, 1.54) is 0 Å². The Balaban J connectivity index is 1.63. The number of carbonyl (C=O) groups excluding carboxylic acids is 1. The Morgan fingerprint density at radius 3 is 2.69 bits per heavy atom. The number of pyridine rings is 1. The first-order valence-electron chi connectivity index (χ1n) is 9.30. The van der Waals surface area contributed by atoms with Crippen molar-refractivity contribution in [3.05, 3.63) is 59.8 Å². The number of amides is 1. The standard InChI is InChI=1S/C21H27N3O2/c1-16(2)24(15-17-7-4-3-5-8-17)21(25)18-10-11-20(22-13-18)23-14-19-9-6-12-26-19/h3-5,7-8,10-11,13,16,19H,6,9,12,14-15H2,1-2H3,(H,22,23). The van der Waals surface area contributed by atoms with Crippen LogP contribution in [0.2, 0.25) is 0 Å². The first kappa shape index (κ1) is 18.4. The third kappa shape index (κ3) is 4.82. The summed E-state index contributed by atoms with van der Waals surface area (Å²) in [5.74, 6) is 0.776. The minimum absolute atomic E-state index is 0.00188. The molecule has 5 nitrogen and oxygen atoms in total. The van der Waals surface area contributed by atoms with Gasteiger partial charge in [0, 0.05) is 31.9 Å². The summed E-state index contributed by atoms with van der Waals surface area (Å²) < 4.78 is 5.60. The summed E-state index contributed by atoms with van der Waals surface area (Å²) in [4.78, 5) is 19.2. The molecule has 1 amide bonds. The lowest BCUT2D eigenvalue weighted by molar-refractivity contribution is 0.0690. The fourth-order valence-electron chi connectivity index (χ4n) is 3.08. The minimum Gasteiger partial charge on any atom is -0.376 e. The Bertz CT molecular complexity index is 695. The van der Waals surface area contributed by atoms with Crippen LogP contribution >= 0.6 is 0 Å². The summed E-state index contributed by atoms with van der Waals surface area (Å²) in [7, 11) is 0. The predicted octanol–water partition coefficient (Wildman–Crippen LogP) is 3.72. The second-order valence-electron chi connectivity index (χ2n) is 6.96. The number of anilines is 1. The molecule has 1 aromatic heterocycles. The van der Waals surface area contributed by atoms with Gasteiger partial charge in [0.25, 0.3) is 5.91 Å². The number of benzene rings is 1. The van der Waals surface area contributed by atoms with Gasteiger partial charge in [-0.2, -0.15) is 0 Å². The monoisotopic (exact) mass is 353 g/mol. The summed E-state index contributed by atoms with van der Waals surface area (Å²) in [5, 5.41) is 3.28. The number of nitrogens with zero attached hydrogens (tertiary/aromatic N) is 2. The van der Waals surface area contributed by atoms with Crippen molar-refractivity contribution < 1.29 is 9.53 Å². The molecule has 1 N–H and O–H groups in total. The Hall–Kier alpha value is -2.40. The van der Waals surface area contributed by atoms with Gasteiger partial charge in [-0.05, 0) is 44.4 Å². The quantitative estimate of drug-likeness (QED) is 0.824. The van der Waals surface area contributed by atoms with Gasteiger partial charge in [0.15, 0.2) is 0 Å². The van der Waals surface area contributed by atoms with Crippen LogP contribution in [0.25, 0.3) is 0 Å². The fraction of sp³-hybridized carbons (Fsp3) is 0.429. The van der Waals surface area contributed by atoms with Crippen molar-refractivity contribution in [3.8, 4) is 0 Å². The van der Waals surface area contributed by atoms with Crippen molar-refractivity contribution in [2.45, 2.75) is 45.4 Å². The van der Waals surface area contributed by atoms with Gasteiger partial charge >= 0.3 is 0 Å². The predicted molar refractivity (Wildman–Crippen MR) is 103 cm³/mol. The molecule has 0 spiro atoms. The van der Waals surface area contributed by atoms with Gasteiger partial charge in [0.1, 0.15) is 5.82 Å². The highest BCUT2D eigenvalue weighted by molar-refractivity contribution is 5.94. The maximum absolute atomic E-state index is 12.9. The molecule has 26 heavy (non-hydrogen) atoms. The zero-order valence-electron chi connectivity index (χ0n) is 15.5. The van der Waals surface area contributed by atoms with Crippen LogP contribution in [0.5, 0.6) is 0 Å². The molecular weight excluding hydrogens is 326 g/mol. The van der Waals surface area contributed by atoms with E-state index in [1.807, 2.05) is 61.2 Å². The SMILES string of the molecule is CC(C)N(Cc1ccccc1)C(=O)c1ccc(NCC2CCCO2)nc1. The van der Waals surface area contributed by atoms with E-state index in [9.17, 15) is 4.79 Å². The molecule has 1 unspecified atom stereocenters. The van der Waals surface area contributed by atoms with Crippen molar-refractivity contribution >= 4 is 11.7 Å². The van der Waals surface area contributed by atoms with Crippen molar-refractivity contribution in [1.29, 1.82) is 0 Å². The number of rotatable bonds is 7. The zero-order valence-corrected chi connectivity index (χ0v) is 15.5. The van der Waals surface area contributed by atoms with E-state index in [1.54, 1.807) is 6.20 Å². The van der Waals surface area contributed by atoms with Gasteiger partial charge in [-0.3, -0.25) is 4.79 Å². The smallest absolute Gasteiger partial charge is 0.255 e. The summed E-state index contributed by atoms with van der Waals surface area (Å²) >= 11 is 0. The number of aromatic nitrogens is 1. The maximum atomic E-state index is 12.9. The molecule has 2 aromatic rings. The molecule has 0 radical (unpaired) electrons. The van der Waals surface area contributed by atoms with Crippen LogP contribution in [0.3, 0.4) is 0 Å². The normalized spacial score (nSPS) is 16.7. The summed E-state index contributed by atoms with van der Waals surface area (Å²) in [6.07, 6.45) is 4.13. The van der Waals surface area contributed by atoms with Crippen LogP contribution < -0.4 is 5.32 Å². The number of hydrogen-bond donors (Lipinski definition) is 1. The van der Waals surface area contributed by atoms with E-state index >= 15 is 0 Å². The van der Waals surface area contributed by atoms with Gasteiger partial charge < -0.3 is 15.0 Å². The highest BCUT2D eigenvalue weighted by Gasteiger charge is 2.20. The lowest BCUT2D eigenvalue weighted by atomic mass is 10.1. The largest absolute Gasteiger partial charge is 0.376 e. The molecule has 0 aliphatic carbocycles. The molecule has 1 aliphatic rings. The van der Waals surface area contributed by atoms with Gasteiger partial charge in [-0.1, -0.05) is 30.3 Å². The Kier molecular flexibility index (Phi) is 6.23. The number of nitrogens with one attached hydrogen (secondary N) is 1. The van der Waals surface area contributed by atoms with Crippen LogP contribution in [0.4, 0.5) is 5.82 Å². The van der Waals surface area contributed by atoms with E-state index in [2.05, 4.69) is 10.3 Å². The number of hydrogen-bond acceptors (Lipinski definition) is 4. The first-order chi connectivity index (χ1) is 12.6. The molecule has 1 aliphatic heterocycles. The van der Waals surface area contributed by atoms with E-state index in [0.29, 0.717) is 12.1 Å². The topological polar surface area (TPSA) is 54.5 Å². The van der Waals surface area contributed by atoms with Crippen LogP contribution in [-0.4, -0.2) is 41.1 Å². The highest BCUT2D eigenvalue weighted by Crippen LogP contribution is 2.16. The Morgan fingerprint density at radius 1 is 1.27 bits per heavy atom. The molecule has 1 fully saturated rings. The maximum Gasteiger partial charge on any atom is 0.255 e. The average molecular weight is 353 g/mol. The summed E-state index contributed by atoms with van der Waals surface area (Å²) in [6, 6.07) is 13.9. The molecule has 0 bridgehead atoms. The van der Waals surface area contributed by atoms with E-state index in [-0.39, 0.29) is 18.1 Å². The summed E-state index contributed by atoms with van der Waals surface area (Å²) in [6.45, 7) is 6.26. The molecule has 138 valence electrons. The zero-order chi connectivity index (χ0) is 18.4. The van der Waals surface area contributed by atoms with Crippen molar-refractivity contribution in [1.82, 2.24) is 9.88 Å². The Morgan fingerprint density at radius 2 is 2.08 bits per heavy atom. The van der Waals surface area contributed by atoms with Crippen LogP contribution in [-0.2, 0) is 11.3 Å². The van der Waals surface area contributed by atoms with Gasteiger partial charge in [-0.25, -0.2) is 4.98 Å². The van der Waals surface area contributed by atoms with Crippen LogP contribution in [0.15, 0.2) is 48.7 Å². The third-order valence-corrected chi connectivity index (χ3v) is 4.63. The van der Waals surface area contributed by atoms with E-state index < -0.39 is 0 Å². The molecule has 1 atom stereocenters. The fourth-order valence-corrected chi connectivity index (χ4v) is 3.08. The van der Waals surface area contributed by atoms with Crippen molar-refractivity contribution in [2.75, 3.05) is 18.5 Å². The Labute approximate surface area is 155 Å². The molecular formula is C21H27N3O2. The van der Waals surface area contributed by atoms with Gasteiger partial charge in [0.05, 0.1) is 11.7 Å². The first-order valence-corrected chi connectivity index (χ1v) is 9.30. The third-order valence-electron chi connectivity index (χ3n) is 4.63. The molecule has 1 saturated heterocycles. The van der Waals surface area contributed by atoms with Gasteiger partial charge in [0.2, 0.25) is 0 Å².